The lowest BCUT2D eigenvalue weighted by Crippen LogP contribution is -2.34. The van der Waals surface area contributed by atoms with E-state index < -0.39 is 0 Å². The number of carbonyl (C=O) groups is 1. The van der Waals surface area contributed by atoms with Gasteiger partial charge in [0.1, 0.15) is 0 Å². The predicted octanol–water partition coefficient (Wildman–Crippen LogP) is 3.69. The lowest BCUT2D eigenvalue weighted by Gasteiger charge is -2.25. The van der Waals surface area contributed by atoms with Gasteiger partial charge < -0.3 is 11.1 Å². The van der Waals surface area contributed by atoms with Gasteiger partial charge >= 0.3 is 0 Å². The van der Waals surface area contributed by atoms with Crippen molar-refractivity contribution in [1.82, 2.24) is 4.98 Å². The summed E-state index contributed by atoms with van der Waals surface area (Å²) in [4.78, 5) is 16.7. The van der Waals surface area contributed by atoms with Gasteiger partial charge in [-0.25, -0.2) is 4.98 Å². The number of thiazole rings is 1. The van der Waals surface area contributed by atoms with Crippen LogP contribution in [0.3, 0.4) is 0 Å². The van der Waals surface area contributed by atoms with Crippen LogP contribution in [-0.2, 0) is 4.79 Å². The van der Waals surface area contributed by atoms with Crippen LogP contribution in [0.5, 0.6) is 0 Å². The second-order valence-electron chi connectivity index (χ2n) is 5.52. The summed E-state index contributed by atoms with van der Waals surface area (Å²) < 4.78 is 0. The quantitative estimate of drug-likeness (QED) is 0.897. The number of amides is 1. The number of halogens is 1. The van der Waals surface area contributed by atoms with E-state index in [1.54, 1.807) is 0 Å². The highest BCUT2D eigenvalue weighted by molar-refractivity contribution is 7.14. The Morgan fingerprint density at radius 2 is 2.05 bits per heavy atom. The third-order valence-corrected chi connectivity index (χ3v) is 4.65. The van der Waals surface area contributed by atoms with Gasteiger partial charge in [0.2, 0.25) is 5.91 Å². The van der Waals surface area contributed by atoms with Gasteiger partial charge in [0.05, 0.1) is 5.69 Å². The van der Waals surface area contributed by atoms with Gasteiger partial charge in [-0.1, -0.05) is 36.8 Å². The second-order valence-corrected chi connectivity index (χ2v) is 6.37. The highest BCUT2D eigenvalue weighted by Crippen LogP contribution is 2.27. The summed E-state index contributed by atoms with van der Waals surface area (Å²) >= 11 is 1.46. The van der Waals surface area contributed by atoms with E-state index in [-0.39, 0.29) is 30.3 Å². The number of carbonyl (C=O) groups excluding carboxylic acids is 1. The minimum atomic E-state index is 0. The molecule has 1 aromatic heterocycles. The largest absolute Gasteiger partial charge is 0.328 e. The molecule has 1 saturated carbocycles. The molecule has 1 aliphatic carbocycles. The summed E-state index contributed by atoms with van der Waals surface area (Å²) in [6.07, 6.45) is 3.77. The molecule has 2 atom stereocenters. The van der Waals surface area contributed by atoms with Crippen LogP contribution < -0.4 is 11.1 Å². The third-order valence-electron chi connectivity index (χ3n) is 3.89. The maximum atomic E-state index is 12.3. The van der Waals surface area contributed by atoms with Crippen LogP contribution in [0, 0.1) is 5.92 Å². The normalized spacial score (nSPS) is 21.0. The SMILES string of the molecule is Cl.NC1CCCC(C(=O)Nc2nc(-c3ccccc3)cs2)C1. The molecule has 6 heteroatoms. The number of anilines is 1. The van der Waals surface area contributed by atoms with E-state index in [0.29, 0.717) is 5.13 Å². The molecule has 0 bridgehead atoms. The third kappa shape index (κ3) is 4.06. The lowest BCUT2D eigenvalue weighted by molar-refractivity contribution is -0.120. The zero-order chi connectivity index (χ0) is 14.7. The van der Waals surface area contributed by atoms with Crippen LogP contribution in [0.2, 0.25) is 0 Å². The van der Waals surface area contributed by atoms with Crippen molar-refractivity contribution in [3.8, 4) is 11.3 Å². The number of nitrogens with two attached hydrogens (primary N) is 1. The molecule has 2 unspecified atom stereocenters. The smallest absolute Gasteiger partial charge is 0.229 e. The molecule has 0 saturated heterocycles. The zero-order valence-corrected chi connectivity index (χ0v) is 13.8. The maximum absolute atomic E-state index is 12.3. The fourth-order valence-corrected chi connectivity index (χ4v) is 3.47. The van der Waals surface area contributed by atoms with Crippen molar-refractivity contribution in [2.45, 2.75) is 31.7 Å². The zero-order valence-electron chi connectivity index (χ0n) is 12.2. The Labute approximate surface area is 140 Å². The average molecular weight is 338 g/mol. The van der Waals surface area contributed by atoms with E-state index >= 15 is 0 Å². The Morgan fingerprint density at radius 1 is 1.27 bits per heavy atom. The number of hydrogen-bond acceptors (Lipinski definition) is 4. The molecule has 0 radical (unpaired) electrons. The topological polar surface area (TPSA) is 68.0 Å². The molecule has 2 aromatic rings. The Morgan fingerprint density at radius 3 is 2.77 bits per heavy atom. The van der Waals surface area contributed by atoms with E-state index in [0.717, 1.165) is 36.9 Å². The fourth-order valence-electron chi connectivity index (χ4n) is 2.75. The first-order valence-electron chi connectivity index (χ1n) is 7.30. The van der Waals surface area contributed by atoms with Crippen LogP contribution in [0.25, 0.3) is 11.3 Å². The minimum Gasteiger partial charge on any atom is -0.328 e. The van der Waals surface area contributed by atoms with Crippen molar-refractivity contribution in [3.05, 3.63) is 35.7 Å². The van der Waals surface area contributed by atoms with E-state index in [1.807, 2.05) is 35.7 Å². The summed E-state index contributed by atoms with van der Waals surface area (Å²) in [5, 5.41) is 5.57. The summed E-state index contributed by atoms with van der Waals surface area (Å²) in [7, 11) is 0. The molecule has 3 N–H and O–H groups in total. The van der Waals surface area contributed by atoms with Gasteiger partial charge in [0, 0.05) is 22.9 Å². The van der Waals surface area contributed by atoms with Gasteiger partial charge in [0.25, 0.3) is 0 Å². The van der Waals surface area contributed by atoms with Gasteiger partial charge in [-0.3, -0.25) is 4.79 Å². The van der Waals surface area contributed by atoms with E-state index in [1.165, 1.54) is 11.3 Å². The molecule has 1 fully saturated rings. The van der Waals surface area contributed by atoms with E-state index in [9.17, 15) is 4.79 Å². The van der Waals surface area contributed by atoms with Gasteiger partial charge in [-0.15, -0.1) is 23.7 Å². The first-order valence-corrected chi connectivity index (χ1v) is 8.18. The molecular weight excluding hydrogens is 318 g/mol. The second kappa shape index (κ2) is 7.72. The Bertz CT molecular complexity index is 617. The van der Waals surface area contributed by atoms with Crippen molar-refractivity contribution < 1.29 is 4.79 Å². The van der Waals surface area contributed by atoms with Crippen molar-refractivity contribution in [2.24, 2.45) is 11.7 Å². The van der Waals surface area contributed by atoms with Crippen LogP contribution in [0.1, 0.15) is 25.7 Å². The molecule has 4 nitrogen and oxygen atoms in total. The first kappa shape index (κ1) is 16.9. The molecule has 118 valence electrons. The van der Waals surface area contributed by atoms with Crippen molar-refractivity contribution in [2.75, 3.05) is 5.32 Å². The van der Waals surface area contributed by atoms with Crippen LogP contribution in [-0.4, -0.2) is 16.9 Å². The molecule has 1 aromatic carbocycles. The molecule has 0 aliphatic heterocycles. The summed E-state index contributed by atoms with van der Waals surface area (Å²) in [5.41, 5.74) is 7.91. The molecule has 1 heterocycles. The van der Waals surface area contributed by atoms with Crippen LogP contribution in [0.15, 0.2) is 35.7 Å². The highest BCUT2D eigenvalue weighted by atomic mass is 35.5. The Hall–Kier alpha value is -1.43. The number of nitrogens with one attached hydrogen (secondary N) is 1. The van der Waals surface area contributed by atoms with Gasteiger partial charge in [-0.2, -0.15) is 0 Å². The predicted molar refractivity (Wildman–Crippen MR) is 93.4 cm³/mol. The molecule has 1 amide bonds. The minimum absolute atomic E-state index is 0. The fraction of sp³-hybridized carbons (Fsp3) is 0.375. The maximum Gasteiger partial charge on any atom is 0.229 e. The molecule has 3 rings (SSSR count). The number of benzene rings is 1. The molecule has 22 heavy (non-hydrogen) atoms. The van der Waals surface area contributed by atoms with Crippen molar-refractivity contribution in [1.29, 1.82) is 0 Å². The van der Waals surface area contributed by atoms with Crippen LogP contribution in [0.4, 0.5) is 5.13 Å². The van der Waals surface area contributed by atoms with Gasteiger partial charge in [0.15, 0.2) is 5.13 Å². The highest BCUT2D eigenvalue weighted by Gasteiger charge is 2.25. The summed E-state index contributed by atoms with van der Waals surface area (Å²) in [6, 6.07) is 10.1. The molecule has 1 aliphatic rings. The number of rotatable bonds is 3. The Kier molecular flexibility index (Phi) is 5.94. The molecule has 0 spiro atoms. The van der Waals surface area contributed by atoms with Crippen molar-refractivity contribution >= 4 is 34.8 Å². The van der Waals surface area contributed by atoms with Crippen LogP contribution >= 0.6 is 23.7 Å². The lowest BCUT2D eigenvalue weighted by atomic mass is 9.86. The number of hydrogen-bond donors (Lipinski definition) is 2. The summed E-state index contributed by atoms with van der Waals surface area (Å²) in [6.45, 7) is 0. The number of nitrogens with zero attached hydrogens (tertiary/aromatic N) is 1. The van der Waals surface area contributed by atoms with E-state index in [4.69, 9.17) is 5.73 Å². The first-order chi connectivity index (χ1) is 10.2. The Balaban J connectivity index is 0.00000176. The molecular formula is C16H20ClN3OS. The van der Waals surface area contributed by atoms with Crippen molar-refractivity contribution in [3.63, 3.8) is 0 Å². The summed E-state index contributed by atoms with van der Waals surface area (Å²) in [5.74, 6) is 0.0805. The number of aromatic nitrogens is 1. The standard InChI is InChI=1S/C16H19N3OS.ClH/c17-13-8-4-7-12(9-13)15(20)19-16-18-14(10-21-16)11-5-2-1-3-6-11;/h1-3,5-6,10,12-13H,4,7-9,17H2,(H,18,19,20);1H. The average Bonchev–Trinajstić information content (AvgIpc) is 2.97. The monoisotopic (exact) mass is 337 g/mol. The van der Waals surface area contributed by atoms with E-state index in [2.05, 4.69) is 10.3 Å². The van der Waals surface area contributed by atoms with Gasteiger partial charge in [-0.05, 0) is 19.3 Å².